The number of hydrogen-bond acceptors (Lipinski definition) is 6. The summed E-state index contributed by atoms with van der Waals surface area (Å²) in [6.45, 7) is 1.72. The van der Waals surface area contributed by atoms with E-state index in [-0.39, 0.29) is 22.0 Å². The number of ether oxygens (including phenoxy) is 3. The number of nitrogens with one attached hydrogen (secondary N) is 1. The van der Waals surface area contributed by atoms with E-state index in [0.29, 0.717) is 18.1 Å². The van der Waals surface area contributed by atoms with Crippen molar-refractivity contribution in [2.45, 2.75) is 11.8 Å². The van der Waals surface area contributed by atoms with Gasteiger partial charge in [-0.25, -0.2) is 12.8 Å². The molecular formula is C24H25FN2O6S. The second kappa shape index (κ2) is 10.9. The molecule has 0 fully saturated rings. The average molecular weight is 489 g/mol. The first kappa shape index (κ1) is 24.8. The van der Waals surface area contributed by atoms with E-state index in [1.807, 2.05) is 6.92 Å². The Balaban J connectivity index is 1.99. The fraction of sp³-hybridized carbons (Fsp3) is 0.208. The van der Waals surface area contributed by atoms with Crippen LogP contribution in [-0.4, -0.2) is 41.7 Å². The quantitative estimate of drug-likeness (QED) is 0.462. The van der Waals surface area contributed by atoms with Crippen LogP contribution in [0.4, 0.5) is 15.8 Å². The lowest BCUT2D eigenvalue weighted by Gasteiger charge is -2.24. The summed E-state index contributed by atoms with van der Waals surface area (Å²) in [6, 6.07) is 15.8. The zero-order valence-electron chi connectivity index (χ0n) is 18.9. The van der Waals surface area contributed by atoms with Gasteiger partial charge in [0.15, 0.2) is 11.5 Å². The second-order valence-corrected chi connectivity index (χ2v) is 8.88. The van der Waals surface area contributed by atoms with Gasteiger partial charge in [-0.1, -0.05) is 6.07 Å². The topological polar surface area (TPSA) is 94.2 Å². The van der Waals surface area contributed by atoms with Crippen molar-refractivity contribution in [2.75, 3.05) is 37.0 Å². The van der Waals surface area contributed by atoms with Crippen molar-refractivity contribution in [1.82, 2.24) is 0 Å². The third-order valence-electron chi connectivity index (χ3n) is 4.77. The molecule has 0 radical (unpaired) electrons. The first-order valence-corrected chi connectivity index (χ1v) is 11.8. The van der Waals surface area contributed by atoms with Gasteiger partial charge in [0, 0.05) is 11.8 Å². The molecule has 1 amide bonds. The van der Waals surface area contributed by atoms with Gasteiger partial charge in [-0.05, 0) is 61.5 Å². The van der Waals surface area contributed by atoms with E-state index >= 15 is 0 Å². The lowest BCUT2D eigenvalue weighted by molar-refractivity contribution is -0.114. The summed E-state index contributed by atoms with van der Waals surface area (Å²) in [5.41, 5.74) is 0.452. The molecule has 0 aliphatic carbocycles. The first-order valence-electron chi connectivity index (χ1n) is 10.3. The van der Waals surface area contributed by atoms with E-state index in [1.54, 1.807) is 24.3 Å². The van der Waals surface area contributed by atoms with Gasteiger partial charge >= 0.3 is 0 Å². The van der Waals surface area contributed by atoms with Gasteiger partial charge in [-0.15, -0.1) is 0 Å². The molecule has 0 heterocycles. The highest BCUT2D eigenvalue weighted by molar-refractivity contribution is 7.92. The van der Waals surface area contributed by atoms with Crippen LogP contribution in [0.5, 0.6) is 17.2 Å². The van der Waals surface area contributed by atoms with Crippen molar-refractivity contribution in [3.05, 3.63) is 72.5 Å². The maximum Gasteiger partial charge on any atom is 0.264 e. The molecule has 10 heteroatoms. The van der Waals surface area contributed by atoms with Crippen LogP contribution in [0.3, 0.4) is 0 Å². The van der Waals surface area contributed by atoms with Gasteiger partial charge in [0.05, 0.1) is 31.4 Å². The molecule has 3 aromatic rings. The van der Waals surface area contributed by atoms with Crippen LogP contribution in [0.2, 0.25) is 0 Å². The van der Waals surface area contributed by atoms with Gasteiger partial charge in [0.1, 0.15) is 18.1 Å². The van der Waals surface area contributed by atoms with E-state index in [1.165, 1.54) is 50.6 Å². The summed E-state index contributed by atoms with van der Waals surface area (Å²) in [5, 5.41) is 2.52. The van der Waals surface area contributed by atoms with Crippen molar-refractivity contribution in [1.29, 1.82) is 0 Å². The van der Waals surface area contributed by atoms with Crippen molar-refractivity contribution < 1.29 is 31.8 Å². The molecular weight excluding hydrogens is 463 g/mol. The molecule has 34 heavy (non-hydrogen) atoms. The Bertz CT molecular complexity index is 1250. The third-order valence-corrected chi connectivity index (χ3v) is 6.54. The van der Waals surface area contributed by atoms with Crippen LogP contribution >= 0.6 is 0 Å². The van der Waals surface area contributed by atoms with Crippen molar-refractivity contribution in [3.8, 4) is 17.2 Å². The number of nitrogens with zero attached hydrogens (tertiary/aromatic N) is 1. The maximum absolute atomic E-state index is 13.6. The van der Waals surface area contributed by atoms with Crippen LogP contribution in [0.15, 0.2) is 71.6 Å². The highest BCUT2D eigenvalue weighted by atomic mass is 32.2. The molecule has 0 atom stereocenters. The Hall–Kier alpha value is -3.79. The summed E-state index contributed by atoms with van der Waals surface area (Å²) in [4.78, 5) is 12.7. The number of amides is 1. The van der Waals surface area contributed by atoms with Crippen LogP contribution in [0.25, 0.3) is 0 Å². The smallest absolute Gasteiger partial charge is 0.264 e. The lowest BCUT2D eigenvalue weighted by Crippen LogP contribution is -2.38. The molecule has 0 spiro atoms. The number of benzene rings is 3. The normalized spacial score (nSPS) is 10.9. The molecule has 0 aromatic heterocycles. The molecule has 0 saturated heterocycles. The molecule has 3 aromatic carbocycles. The Morgan fingerprint density at radius 2 is 1.68 bits per heavy atom. The number of anilines is 2. The number of sulfonamides is 1. The molecule has 0 saturated carbocycles. The predicted molar refractivity (Wildman–Crippen MR) is 127 cm³/mol. The van der Waals surface area contributed by atoms with E-state index < -0.39 is 28.3 Å². The molecule has 180 valence electrons. The minimum Gasteiger partial charge on any atom is -0.494 e. The molecule has 8 nitrogen and oxygen atoms in total. The molecule has 1 N–H and O–H groups in total. The van der Waals surface area contributed by atoms with Crippen molar-refractivity contribution >= 4 is 27.3 Å². The van der Waals surface area contributed by atoms with E-state index in [4.69, 9.17) is 14.2 Å². The van der Waals surface area contributed by atoms with Crippen LogP contribution < -0.4 is 23.8 Å². The number of halogens is 1. The Kier molecular flexibility index (Phi) is 7.95. The van der Waals surface area contributed by atoms with E-state index in [0.717, 1.165) is 10.4 Å². The van der Waals surface area contributed by atoms with Gasteiger partial charge < -0.3 is 19.5 Å². The molecule has 0 aliphatic rings. The largest absolute Gasteiger partial charge is 0.494 e. The van der Waals surface area contributed by atoms with E-state index in [2.05, 4.69) is 5.32 Å². The fourth-order valence-corrected chi connectivity index (χ4v) is 4.63. The number of carbonyl (C=O) groups is 1. The number of rotatable bonds is 10. The van der Waals surface area contributed by atoms with Crippen LogP contribution in [-0.2, 0) is 14.8 Å². The maximum atomic E-state index is 13.6. The summed E-state index contributed by atoms with van der Waals surface area (Å²) in [6.07, 6.45) is 0. The summed E-state index contributed by atoms with van der Waals surface area (Å²) < 4.78 is 57.5. The minimum atomic E-state index is -4.21. The van der Waals surface area contributed by atoms with Gasteiger partial charge in [0.25, 0.3) is 10.0 Å². The number of carbonyl (C=O) groups excluding carboxylic acids is 1. The molecule has 0 unspecified atom stereocenters. The average Bonchev–Trinajstić information content (AvgIpc) is 2.82. The second-order valence-electron chi connectivity index (χ2n) is 7.01. The van der Waals surface area contributed by atoms with Gasteiger partial charge in [-0.2, -0.15) is 0 Å². The molecule has 0 aliphatic heterocycles. The first-order chi connectivity index (χ1) is 16.3. The van der Waals surface area contributed by atoms with Gasteiger partial charge in [0.2, 0.25) is 5.91 Å². The zero-order chi connectivity index (χ0) is 24.7. The lowest BCUT2D eigenvalue weighted by atomic mass is 10.3. The highest BCUT2D eigenvalue weighted by Crippen LogP contribution is 2.32. The molecule has 0 bridgehead atoms. The summed E-state index contributed by atoms with van der Waals surface area (Å²) >= 11 is 0. The van der Waals surface area contributed by atoms with Crippen molar-refractivity contribution in [3.63, 3.8) is 0 Å². The third kappa shape index (κ3) is 5.76. The fourth-order valence-electron chi connectivity index (χ4n) is 3.19. The minimum absolute atomic E-state index is 0.0995. The Morgan fingerprint density at radius 3 is 2.29 bits per heavy atom. The van der Waals surface area contributed by atoms with Crippen molar-refractivity contribution in [2.24, 2.45) is 0 Å². The number of hydrogen-bond donors (Lipinski definition) is 1. The predicted octanol–water partition coefficient (Wildman–Crippen LogP) is 4.08. The highest BCUT2D eigenvalue weighted by Gasteiger charge is 2.28. The Labute approximate surface area is 197 Å². The van der Waals surface area contributed by atoms with E-state index in [9.17, 15) is 17.6 Å². The van der Waals surface area contributed by atoms with Crippen LogP contribution in [0.1, 0.15) is 6.92 Å². The SMILES string of the molecule is CCOc1ccc(N(CC(=O)Nc2cccc(F)c2)S(=O)(=O)c2ccc(OC)c(OC)c2)cc1. The number of methoxy groups -OCH3 is 2. The van der Waals surface area contributed by atoms with Crippen LogP contribution in [0, 0.1) is 5.82 Å². The summed E-state index contributed by atoms with van der Waals surface area (Å²) in [5.74, 6) is -0.0427. The standard InChI is InChI=1S/C24H25FN2O6S/c1-4-33-20-10-8-19(9-11-20)27(16-24(28)26-18-7-5-6-17(25)14-18)34(29,30)21-12-13-22(31-2)23(15-21)32-3/h5-15H,4,16H2,1-3H3,(H,26,28). The zero-order valence-corrected chi connectivity index (χ0v) is 19.8. The Morgan fingerprint density at radius 1 is 0.971 bits per heavy atom. The monoisotopic (exact) mass is 488 g/mol. The summed E-state index contributed by atoms with van der Waals surface area (Å²) in [7, 11) is -1.38. The van der Waals surface area contributed by atoms with Gasteiger partial charge in [-0.3, -0.25) is 9.10 Å². The molecule has 3 rings (SSSR count).